The lowest BCUT2D eigenvalue weighted by Crippen LogP contribution is -2.42. The molecule has 1 heterocycles. The molecule has 2 N–H and O–H groups in total. The zero-order valence-corrected chi connectivity index (χ0v) is 20.3. The van der Waals surface area contributed by atoms with E-state index in [4.69, 9.17) is 0 Å². The van der Waals surface area contributed by atoms with Gasteiger partial charge in [0.05, 0.1) is 0 Å². The minimum atomic E-state index is -1.24. The van der Waals surface area contributed by atoms with Crippen LogP contribution in [-0.2, 0) is 15.1 Å². The number of hydrogen-bond acceptors (Lipinski definition) is 3. The van der Waals surface area contributed by atoms with Gasteiger partial charge in [-0.2, -0.15) is 0 Å². The molecule has 1 unspecified atom stereocenters. The lowest BCUT2D eigenvalue weighted by Gasteiger charge is -2.23. The van der Waals surface area contributed by atoms with Crippen LogP contribution in [0.3, 0.4) is 0 Å². The van der Waals surface area contributed by atoms with Crippen molar-refractivity contribution >= 4 is 34.3 Å². The molecule has 1 fully saturated rings. The Morgan fingerprint density at radius 1 is 0.912 bits per heavy atom. The third-order valence-corrected chi connectivity index (χ3v) is 6.54. The highest BCUT2D eigenvalue weighted by atomic mass is 16.2. The van der Waals surface area contributed by atoms with Gasteiger partial charge in [0.2, 0.25) is 5.91 Å². The molecule has 6 heteroatoms. The number of nitrogens with zero attached hydrogens (tertiary/aromatic N) is 1. The van der Waals surface area contributed by atoms with Gasteiger partial charge < -0.3 is 10.6 Å². The van der Waals surface area contributed by atoms with E-state index in [2.05, 4.69) is 38.3 Å². The first kappa shape index (κ1) is 23.5. The molecule has 4 rings (SSSR count). The number of carbonyl (C=O) groups excluding carboxylic acids is 3. The largest absolute Gasteiger partial charge is 0.325 e. The smallest absolute Gasteiger partial charge is 0.324 e. The van der Waals surface area contributed by atoms with Crippen LogP contribution in [0.2, 0.25) is 0 Å². The van der Waals surface area contributed by atoms with Gasteiger partial charge in [-0.15, -0.1) is 0 Å². The molecule has 0 radical (unpaired) electrons. The first-order chi connectivity index (χ1) is 16.1. The minimum Gasteiger partial charge on any atom is -0.324 e. The molecule has 34 heavy (non-hydrogen) atoms. The highest BCUT2D eigenvalue weighted by Crippen LogP contribution is 2.33. The van der Waals surface area contributed by atoms with Crippen molar-refractivity contribution in [2.75, 3.05) is 11.9 Å². The topological polar surface area (TPSA) is 78.5 Å². The summed E-state index contributed by atoms with van der Waals surface area (Å²) in [6, 6.07) is 18.9. The Hall–Kier alpha value is -3.67. The van der Waals surface area contributed by atoms with Gasteiger partial charge in [-0.25, -0.2) is 4.79 Å². The average molecular weight is 458 g/mol. The first-order valence-electron chi connectivity index (χ1n) is 11.7. The van der Waals surface area contributed by atoms with Gasteiger partial charge in [-0.1, -0.05) is 82.3 Å². The summed E-state index contributed by atoms with van der Waals surface area (Å²) in [5, 5.41) is 7.81. The van der Waals surface area contributed by atoms with Gasteiger partial charge in [-0.05, 0) is 52.3 Å². The molecule has 1 aliphatic heterocycles. The second kappa shape index (κ2) is 8.93. The Bertz CT molecular complexity index is 1250. The van der Waals surface area contributed by atoms with Crippen LogP contribution in [0.1, 0.15) is 63.1 Å². The highest BCUT2D eigenvalue weighted by molar-refractivity contribution is 6.10. The van der Waals surface area contributed by atoms with E-state index in [1.807, 2.05) is 60.7 Å². The van der Waals surface area contributed by atoms with Crippen LogP contribution in [0.15, 0.2) is 60.7 Å². The monoisotopic (exact) mass is 457 g/mol. The predicted molar refractivity (Wildman–Crippen MR) is 135 cm³/mol. The van der Waals surface area contributed by atoms with Gasteiger partial charge in [0, 0.05) is 5.69 Å². The van der Waals surface area contributed by atoms with Crippen LogP contribution >= 0.6 is 0 Å². The molecule has 1 saturated heterocycles. The van der Waals surface area contributed by atoms with Crippen LogP contribution in [0.5, 0.6) is 0 Å². The molecule has 1 atom stereocenters. The summed E-state index contributed by atoms with van der Waals surface area (Å²) >= 11 is 0. The number of benzene rings is 3. The van der Waals surface area contributed by atoms with Gasteiger partial charge in [0.25, 0.3) is 5.91 Å². The van der Waals surface area contributed by atoms with Crippen LogP contribution in [0.25, 0.3) is 10.8 Å². The number of fused-ring (bicyclic) bond motifs is 1. The summed E-state index contributed by atoms with van der Waals surface area (Å²) in [7, 11) is 0. The van der Waals surface area contributed by atoms with Gasteiger partial charge in [0.15, 0.2) is 0 Å². The normalized spacial score (nSPS) is 18.1. The molecule has 0 aliphatic carbocycles. The van der Waals surface area contributed by atoms with Crippen molar-refractivity contribution < 1.29 is 14.4 Å². The highest BCUT2D eigenvalue weighted by Gasteiger charge is 2.49. The van der Waals surface area contributed by atoms with E-state index < -0.39 is 23.4 Å². The number of rotatable bonds is 6. The van der Waals surface area contributed by atoms with Crippen LogP contribution < -0.4 is 10.6 Å². The molecule has 3 aromatic carbocycles. The van der Waals surface area contributed by atoms with E-state index in [1.165, 1.54) is 0 Å². The van der Waals surface area contributed by atoms with Crippen LogP contribution in [0, 0.1) is 0 Å². The van der Waals surface area contributed by atoms with Crippen molar-refractivity contribution in [2.45, 2.75) is 52.0 Å². The van der Waals surface area contributed by atoms with E-state index in [9.17, 15) is 14.4 Å². The number of para-hydroxylation sites is 1. The first-order valence-corrected chi connectivity index (χ1v) is 11.7. The molecule has 0 aromatic heterocycles. The third-order valence-electron chi connectivity index (χ3n) is 6.54. The van der Waals surface area contributed by atoms with Crippen molar-refractivity contribution in [2.24, 2.45) is 0 Å². The maximum Gasteiger partial charge on any atom is 0.325 e. The Labute approximate surface area is 200 Å². The summed E-state index contributed by atoms with van der Waals surface area (Å²) in [6.07, 6.45) is 0. The standard InChI is InChI=1S/C28H31N3O3/c1-17(2)22-11-8-12-23(18(3)4)25(22)29-24(32)16-31-26(33)28(5,30-27(31)34)21-14-13-19-9-6-7-10-20(19)15-21/h6-15,17-18H,16H2,1-5H3,(H,29,32)(H,30,34). The van der Waals surface area contributed by atoms with Crippen molar-refractivity contribution in [1.29, 1.82) is 0 Å². The number of urea groups is 1. The van der Waals surface area contributed by atoms with Crippen LogP contribution in [0.4, 0.5) is 10.5 Å². The van der Waals surface area contributed by atoms with E-state index in [1.54, 1.807) is 6.92 Å². The Morgan fingerprint density at radius 2 is 1.53 bits per heavy atom. The minimum absolute atomic E-state index is 0.210. The molecule has 6 nitrogen and oxygen atoms in total. The quantitative estimate of drug-likeness (QED) is 0.480. The Balaban J connectivity index is 1.58. The van der Waals surface area contributed by atoms with Gasteiger partial charge in [0.1, 0.15) is 12.1 Å². The molecule has 1 aliphatic rings. The zero-order valence-electron chi connectivity index (χ0n) is 20.3. The maximum atomic E-state index is 13.4. The molecule has 176 valence electrons. The Morgan fingerprint density at radius 3 is 2.15 bits per heavy atom. The van der Waals surface area contributed by atoms with Crippen molar-refractivity contribution in [3.05, 3.63) is 77.4 Å². The predicted octanol–water partition coefficient (Wildman–Crippen LogP) is 5.49. The fourth-order valence-corrected chi connectivity index (χ4v) is 4.55. The molecule has 3 aromatic rings. The van der Waals surface area contributed by atoms with E-state index in [0.717, 1.165) is 32.5 Å². The number of nitrogens with one attached hydrogen (secondary N) is 2. The molecule has 0 saturated carbocycles. The van der Waals surface area contributed by atoms with Gasteiger partial charge in [-0.3, -0.25) is 14.5 Å². The van der Waals surface area contributed by atoms with E-state index in [0.29, 0.717) is 5.56 Å². The number of hydrogen-bond donors (Lipinski definition) is 2. The number of anilines is 1. The SMILES string of the molecule is CC(C)c1cccc(C(C)C)c1NC(=O)CN1C(=O)NC(C)(c2ccc3ccccc3c2)C1=O. The third kappa shape index (κ3) is 4.16. The Kier molecular flexibility index (Phi) is 6.17. The molecule has 4 amide bonds. The molecular weight excluding hydrogens is 426 g/mol. The van der Waals surface area contributed by atoms with Crippen molar-refractivity contribution in [3.8, 4) is 0 Å². The lowest BCUT2D eigenvalue weighted by molar-refractivity contribution is -0.133. The summed E-state index contributed by atoms with van der Waals surface area (Å²) in [6.45, 7) is 9.62. The summed E-state index contributed by atoms with van der Waals surface area (Å²) in [5.41, 5.74) is 2.26. The maximum absolute atomic E-state index is 13.4. The average Bonchev–Trinajstić information content (AvgIpc) is 3.02. The second-order valence-corrected chi connectivity index (χ2v) is 9.68. The number of carbonyl (C=O) groups is 3. The summed E-state index contributed by atoms with van der Waals surface area (Å²) < 4.78 is 0. The zero-order chi connectivity index (χ0) is 24.6. The lowest BCUT2D eigenvalue weighted by atomic mass is 9.90. The second-order valence-electron chi connectivity index (χ2n) is 9.68. The molecule has 0 spiro atoms. The number of imide groups is 1. The molecule has 0 bridgehead atoms. The van der Waals surface area contributed by atoms with Crippen molar-refractivity contribution in [3.63, 3.8) is 0 Å². The van der Waals surface area contributed by atoms with E-state index in [-0.39, 0.29) is 18.4 Å². The molecular formula is C28H31N3O3. The van der Waals surface area contributed by atoms with E-state index >= 15 is 0 Å². The summed E-state index contributed by atoms with van der Waals surface area (Å²) in [4.78, 5) is 40.2. The van der Waals surface area contributed by atoms with Crippen LogP contribution in [-0.4, -0.2) is 29.3 Å². The summed E-state index contributed by atoms with van der Waals surface area (Å²) in [5.74, 6) is -0.422. The number of amides is 4. The van der Waals surface area contributed by atoms with Gasteiger partial charge >= 0.3 is 6.03 Å². The van der Waals surface area contributed by atoms with Crippen molar-refractivity contribution in [1.82, 2.24) is 10.2 Å². The fraction of sp³-hybridized carbons (Fsp3) is 0.321. The fourth-order valence-electron chi connectivity index (χ4n) is 4.55.